The number of hydrogen-bond acceptors (Lipinski definition) is 6. The van der Waals surface area contributed by atoms with Crippen molar-refractivity contribution in [3.8, 4) is 0 Å². The van der Waals surface area contributed by atoms with E-state index < -0.39 is 60.2 Å². The van der Waals surface area contributed by atoms with Crippen molar-refractivity contribution in [2.24, 2.45) is 10.8 Å². The van der Waals surface area contributed by atoms with Crippen molar-refractivity contribution in [1.82, 2.24) is 10.6 Å². The third kappa shape index (κ3) is 12.4. The van der Waals surface area contributed by atoms with Crippen LogP contribution < -0.4 is 10.6 Å². The lowest BCUT2D eigenvalue weighted by Crippen LogP contribution is -2.53. The van der Waals surface area contributed by atoms with E-state index in [1.165, 1.54) is 0 Å². The van der Waals surface area contributed by atoms with Gasteiger partial charge in [-0.25, -0.2) is 9.59 Å². The number of amides is 2. The molecule has 2 unspecified atom stereocenters. The van der Waals surface area contributed by atoms with Gasteiger partial charge in [0.1, 0.15) is 11.2 Å². The van der Waals surface area contributed by atoms with Gasteiger partial charge < -0.3 is 24.8 Å². The molecular weight excluding hydrogens is 567 g/mol. The smallest absolute Gasteiger partial charge is 0.453 e. The molecule has 2 amide bonds. The van der Waals surface area contributed by atoms with E-state index in [9.17, 15) is 36.3 Å². The number of esters is 1. The summed E-state index contributed by atoms with van der Waals surface area (Å²) >= 11 is 0. The molecule has 0 aliphatic heterocycles. The number of carbonyl (C=O) groups excluding carboxylic acids is 3. The summed E-state index contributed by atoms with van der Waals surface area (Å²) in [6.45, 7) is 17.7. The summed E-state index contributed by atoms with van der Waals surface area (Å²) in [7, 11) is 0. The predicted octanol–water partition coefficient (Wildman–Crippen LogP) is 6.47. The summed E-state index contributed by atoms with van der Waals surface area (Å²) in [5.74, 6) is -5.70. The molecule has 1 aliphatic rings. The minimum Gasteiger partial charge on any atom is -0.456 e. The molecule has 1 fully saturated rings. The summed E-state index contributed by atoms with van der Waals surface area (Å²) in [6, 6.07) is -0.367. The van der Waals surface area contributed by atoms with Crippen LogP contribution in [0.1, 0.15) is 93.9 Å². The van der Waals surface area contributed by atoms with E-state index in [0.717, 1.165) is 6.42 Å². The van der Waals surface area contributed by atoms with E-state index in [0.29, 0.717) is 19.3 Å². The Bertz CT molecular complexity index is 980. The fraction of sp³-hybridized carbons (Fsp3) is 0.828. The van der Waals surface area contributed by atoms with Crippen molar-refractivity contribution in [3.05, 3.63) is 12.2 Å². The highest BCUT2D eigenvalue weighted by Crippen LogP contribution is 2.46. The zero-order valence-corrected chi connectivity index (χ0v) is 26.0. The Morgan fingerprint density at radius 2 is 1.55 bits per heavy atom. The summed E-state index contributed by atoms with van der Waals surface area (Å²) in [6.07, 6.45) is -6.53. The average molecular weight is 615 g/mol. The number of rotatable bonds is 14. The van der Waals surface area contributed by atoms with Gasteiger partial charge >= 0.3 is 24.2 Å². The molecule has 2 atom stereocenters. The molecular formula is C29H47F5N2O6. The van der Waals surface area contributed by atoms with Crippen LogP contribution in [0.2, 0.25) is 0 Å². The number of hydrogen-bond donors (Lipinski definition) is 2. The first-order valence-electron chi connectivity index (χ1n) is 14.0. The molecule has 8 nitrogen and oxygen atoms in total. The van der Waals surface area contributed by atoms with Gasteiger partial charge in [-0.3, -0.25) is 4.79 Å². The van der Waals surface area contributed by atoms with Crippen LogP contribution in [0.25, 0.3) is 0 Å². The number of nitrogens with one attached hydrogen (secondary N) is 2. The third-order valence-corrected chi connectivity index (χ3v) is 7.16. The SMILES string of the molecule is C=C(C)C(=O)OC(C)(C)CCOC(C)(C)C(=O)NCC1(C)CC(NC(=O)OCCCC(F)(F)C(F)(F)F)CC(C)(C)C1. The van der Waals surface area contributed by atoms with Gasteiger partial charge in [0, 0.05) is 31.0 Å². The topological polar surface area (TPSA) is 103 Å². The van der Waals surface area contributed by atoms with Gasteiger partial charge in [0.2, 0.25) is 0 Å². The molecule has 13 heteroatoms. The van der Waals surface area contributed by atoms with Gasteiger partial charge in [0.25, 0.3) is 5.91 Å². The van der Waals surface area contributed by atoms with Crippen LogP contribution in [0.4, 0.5) is 26.7 Å². The van der Waals surface area contributed by atoms with E-state index in [1.807, 2.05) is 20.8 Å². The Balaban J connectivity index is 2.63. The van der Waals surface area contributed by atoms with Gasteiger partial charge in [-0.1, -0.05) is 27.4 Å². The van der Waals surface area contributed by atoms with E-state index in [2.05, 4.69) is 17.2 Å². The lowest BCUT2D eigenvalue weighted by Gasteiger charge is -2.47. The maximum atomic E-state index is 13.0. The molecule has 0 bridgehead atoms. The first kappa shape index (κ1) is 37.6. The summed E-state index contributed by atoms with van der Waals surface area (Å²) < 4.78 is 79.0. The van der Waals surface area contributed by atoms with Crippen molar-refractivity contribution in [1.29, 1.82) is 0 Å². The minimum absolute atomic E-state index is 0.156. The van der Waals surface area contributed by atoms with E-state index in [4.69, 9.17) is 14.2 Å². The fourth-order valence-electron chi connectivity index (χ4n) is 5.19. The number of alkyl carbamates (subject to hydrolysis) is 1. The molecule has 1 aliphatic carbocycles. The van der Waals surface area contributed by atoms with Crippen LogP contribution in [0, 0.1) is 10.8 Å². The zero-order chi connectivity index (χ0) is 32.8. The third-order valence-electron chi connectivity index (χ3n) is 7.16. The lowest BCUT2D eigenvalue weighted by molar-refractivity contribution is -0.284. The molecule has 244 valence electrons. The van der Waals surface area contributed by atoms with Crippen LogP contribution in [0.5, 0.6) is 0 Å². The van der Waals surface area contributed by atoms with Gasteiger partial charge in [-0.05, 0) is 71.1 Å². The standard InChI is InChI=1S/C29H47F5N2O6/c1-19(2)21(37)42-25(5,6)12-14-41-26(7,8)22(38)35-18-27(9)16-20(15-24(3,4)17-27)36-23(39)40-13-10-11-28(30,31)29(32,33)34/h20H,1,10-18H2,2-9H3,(H,35,38)(H,36,39). The summed E-state index contributed by atoms with van der Waals surface area (Å²) in [5, 5.41) is 5.63. The number of alkyl halides is 5. The maximum absolute atomic E-state index is 13.0. The number of halogens is 5. The van der Waals surface area contributed by atoms with Gasteiger partial charge in [-0.15, -0.1) is 0 Å². The second kappa shape index (κ2) is 13.9. The number of carbonyl (C=O) groups is 3. The molecule has 0 spiro atoms. The minimum atomic E-state index is -5.65. The highest BCUT2D eigenvalue weighted by atomic mass is 19.4. The van der Waals surface area contributed by atoms with Crippen molar-refractivity contribution in [2.45, 2.75) is 123 Å². The second-order valence-electron chi connectivity index (χ2n) is 13.6. The molecule has 0 saturated heterocycles. The Hall–Kier alpha value is -2.44. The molecule has 0 radical (unpaired) electrons. The molecule has 0 aromatic rings. The lowest BCUT2D eigenvalue weighted by atomic mass is 9.62. The van der Waals surface area contributed by atoms with E-state index in [-0.39, 0.29) is 36.1 Å². The molecule has 0 heterocycles. The second-order valence-corrected chi connectivity index (χ2v) is 13.6. The first-order valence-corrected chi connectivity index (χ1v) is 14.0. The number of ether oxygens (including phenoxy) is 3. The van der Waals surface area contributed by atoms with Crippen LogP contribution >= 0.6 is 0 Å². The van der Waals surface area contributed by atoms with E-state index >= 15 is 0 Å². The van der Waals surface area contributed by atoms with Crippen molar-refractivity contribution < 1.29 is 50.5 Å². The largest absolute Gasteiger partial charge is 0.456 e. The van der Waals surface area contributed by atoms with Gasteiger partial charge in [-0.2, -0.15) is 22.0 Å². The summed E-state index contributed by atoms with van der Waals surface area (Å²) in [4.78, 5) is 37.1. The highest BCUT2D eigenvalue weighted by molar-refractivity contribution is 5.87. The normalized spacial score (nSPS) is 21.3. The molecule has 2 N–H and O–H groups in total. The molecule has 42 heavy (non-hydrogen) atoms. The molecule has 1 saturated carbocycles. The Kier molecular flexibility index (Phi) is 12.4. The quantitative estimate of drug-likeness (QED) is 0.101. The Morgan fingerprint density at radius 1 is 0.952 bits per heavy atom. The Labute approximate surface area is 245 Å². The van der Waals surface area contributed by atoms with Crippen LogP contribution in [-0.4, -0.2) is 67.1 Å². The van der Waals surface area contributed by atoms with E-state index in [1.54, 1.807) is 34.6 Å². The molecule has 0 aromatic carbocycles. The Morgan fingerprint density at radius 3 is 2.10 bits per heavy atom. The zero-order valence-electron chi connectivity index (χ0n) is 26.0. The predicted molar refractivity (Wildman–Crippen MR) is 147 cm³/mol. The van der Waals surface area contributed by atoms with Crippen molar-refractivity contribution in [2.75, 3.05) is 19.8 Å². The maximum Gasteiger partial charge on any atom is 0.453 e. The van der Waals surface area contributed by atoms with Gasteiger partial charge in [0.05, 0.1) is 13.2 Å². The monoisotopic (exact) mass is 614 g/mol. The van der Waals surface area contributed by atoms with Crippen molar-refractivity contribution >= 4 is 18.0 Å². The highest BCUT2D eigenvalue weighted by Gasteiger charge is 2.56. The van der Waals surface area contributed by atoms with Crippen LogP contribution in [-0.2, 0) is 23.8 Å². The summed E-state index contributed by atoms with van der Waals surface area (Å²) in [5.41, 5.74) is -2.38. The van der Waals surface area contributed by atoms with Crippen LogP contribution in [0.3, 0.4) is 0 Å². The van der Waals surface area contributed by atoms with Crippen LogP contribution in [0.15, 0.2) is 12.2 Å². The molecule has 1 rings (SSSR count). The van der Waals surface area contributed by atoms with Crippen molar-refractivity contribution in [3.63, 3.8) is 0 Å². The van der Waals surface area contributed by atoms with Gasteiger partial charge in [0.15, 0.2) is 0 Å². The fourth-order valence-corrected chi connectivity index (χ4v) is 5.19. The molecule has 0 aromatic heterocycles. The first-order chi connectivity index (χ1) is 18.8. The average Bonchev–Trinajstić information content (AvgIpc) is 2.77.